The van der Waals surface area contributed by atoms with Gasteiger partial charge >= 0.3 is 0 Å². The van der Waals surface area contributed by atoms with Crippen LogP contribution in [-0.4, -0.2) is 19.4 Å². The Balaban J connectivity index is 1.16. The SMILES string of the molecule is c1ccc(-c2nc3cc4c5ccccc5n5c6ccc(-c7nc(-c8cccc9c8sc8ccccc89)nc8ccccc78)cc6c(c3s2)c45)cc1. The lowest BCUT2D eigenvalue weighted by molar-refractivity contribution is 1.24. The number of fused-ring (bicyclic) bond motifs is 12. The van der Waals surface area contributed by atoms with Crippen LogP contribution in [0.5, 0.6) is 0 Å². The first-order chi connectivity index (χ1) is 25.3. The molecular formula is C45H24N4S2. The third-order valence-corrected chi connectivity index (χ3v) is 12.7. The Kier molecular flexibility index (Phi) is 5.50. The highest BCUT2D eigenvalue weighted by molar-refractivity contribution is 7.26. The van der Waals surface area contributed by atoms with E-state index >= 15 is 0 Å². The minimum atomic E-state index is 0.748. The Bertz CT molecular complexity index is 3370. The minimum Gasteiger partial charge on any atom is -0.308 e. The second-order valence-corrected chi connectivity index (χ2v) is 15.2. The average Bonchev–Trinajstić information content (AvgIpc) is 3.95. The molecule has 12 aromatic rings. The highest BCUT2D eigenvalue weighted by Gasteiger charge is 2.23. The van der Waals surface area contributed by atoms with Gasteiger partial charge in [-0.2, -0.15) is 0 Å². The average molecular weight is 685 g/mol. The Hall–Kier alpha value is -6.21. The van der Waals surface area contributed by atoms with Crippen molar-refractivity contribution in [2.24, 2.45) is 0 Å². The van der Waals surface area contributed by atoms with Gasteiger partial charge in [-0.1, -0.05) is 103 Å². The van der Waals surface area contributed by atoms with Crippen molar-refractivity contribution in [2.45, 2.75) is 0 Å². The van der Waals surface area contributed by atoms with Crippen LogP contribution in [0, 0.1) is 0 Å². The first-order valence-electron chi connectivity index (χ1n) is 17.0. The van der Waals surface area contributed by atoms with Crippen molar-refractivity contribution in [3.8, 4) is 33.2 Å². The van der Waals surface area contributed by atoms with E-state index in [2.05, 4.69) is 150 Å². The number of aromatic nitrogens is 4. The molecule has 0 aliphatic heterocycles. The van der Waals surface area contributed by atoms with Gasteiger partial charge in [-0.05, 0) is 42.5 Å². The molecule has 236 valence electrons. The largest absolute Gasteiger partial charge is 0.308 e. The van der Waals surface area contributed by atoms with Crippen LogP contribution in [0.2, 0.25) is 0 Å². The zero-order valence-electron chi connectivity index (χ0n) is 27.0. The Morgan fingerprint density at radius 3 is 2.14 bits per heavy atom. The zero-order valence-corrected chi connectivity index (χ0v) is 28.6. The van der Waals surface area contributed by atoms with Gasteiger partial charge in [-0.3, -0.25) is 0 Å². The van der Waals surface area contributed by atoms with Gasteiger partial charge in [0.1, 0.15) is 5.01 Å². The molecular weight excluding hydrogens is 661 g/mol. The first kappa shape index (κ1) is 27.6. The predicted octanol–water partition coefficient (Wildman–Crippen LogP) is 12.8. The zero-order chi connectivity index (χ0) is 33.2. The number of benzene rings is 7. The number of thiophene rings is 1. The summed E-state index contributed by atoms with van der Waals surface area (Å²) < 4.78 is 6.15. The van der Waals surface area contributed by atoms with Gasteiger partial charge in [0.2, 0.25) is 0 Å². The second-order valence-electron chi connectivity index (χ2n) is 13.2. The van der Waals surface area contributed by atoms with Gasteiger partial charge in [0.05, 0.1) is 38.0 Å². The molecule has 0 saturated carbocycles. The maximum Gasteiger partial charge on any atom is 0.161 e. The van der Waals surface area contributed by atoms with E-state index in [1.54, 1.807) is 11.3 Å². The standard InChI is InChI=1S/C45H24N4S2/c1-2-11-25(12-3-1)45-47-35-24-32-27-13-5-8-19-36(27)49-37-22-21-26(23-33(37)39(41(32)49)43(35)51-45)40-30-15-4-7-18-34(30)46-44(48-40)31-17-10-16-29-28-14-6-9-20-38(28)50-42(29)31/h1-24H. The van der Waals surface area contributed by atoms with Crippen LogP contribution in [0.3, 0.4) is 0 Å². The van der Waals surface area contributed by atoms with Crippen molar-refractivity contribution in [1.29, 1.82) is 0 Å². The molecule has 0 radical (unpaired) electrons. The predicted molar refractivity (Wildman–Crippen MR) is 217 cm³/mol. The molecule has 0 amide bonds. The molecule has 0 fully saturated rings. The molecule has 0 bridgehead atoms. The van der Waals surface area contributed by atoms with Crippen molar-refractivity contribution in [2.75, 3.05) is 0 Å². The van der Waals surface area contributed by atoms with Crippen molar-refractivity contribution in [1.82, 2.24) is 19.4 Å². The van der Waals surface area contributed by atoms with E-state index in [1.165, 1.54) is 63.0 Å². The van der Waals surface area contributed by atoms with Crippen LogP contribution in [0.4, 0.5) is 0 Å². The summed E-state index contributed by atoms with van der Waals surface area (Å²) in [6, 6.07) is 52.0. The molecule has 7 aromatic carbocycles. The quantitative estimate of drug-likeness (QED) is 0.186. The lowest BCUT2D eigenvalue weighted by Crippen LogP contribution is -1.95. The highest BCUT2D eigenvalue weighted by Crippen LogP contribution is 2.47. The Morgan fingerprint density at radius 2 is 1.22 bits per heavy atom. The number of para-hydroxylation sites is 2. The summed E-state index contributed by atoms with van der Waals surface area (Å²) >= 11 is 3.59. The molecule has 5 aromatic heterocycles. The van der Waals surface area contributed by atoms with E-state index in [1.807, 2.05) is 11.3 Å². The van der Waals surface area contributed by atoms with Crippen LogP contribution in [0.1, 0.15) is 0 Å². The normalized spacial score (nSPS) is 12.3. The Labute approximate surface area is 298 Å². The molecule has 5 heterocycles. The summed E-state index contributed by atoms with van der Waals surface area (Å²) in [5.74, 6) is 0.748. The van der Waals surface area contributed by atoms with E-state index in [4.69, 9.17) is 15.0 Å². The fourth-order valence-electron chi connectivity index (χ4n) is 8.13. The summed E-state index contributed by atoms with van der Waals surface area (Å²) in [4.78, 5) is 15.8. The molecule has 0 aliphatic carbocycles. The molecule has 6 heteroatoms. The van der Waals surface area contributed by atoms with Crippen molar-refractivity contribution in [3.05, 3.63) is 146 Å². The van der Waals surface area contributed by atoms with E-state index < -0.39 is 0 Å². The fraction of sp³-hybridized carbons (Fsp3) is 0. The van der Waals surface area contributed by atoms with Gasteiger partial charge in [0.15, 0.2) is 5.82 Å². The maximum absolute atomic E-state index is 5.41. The van der Waals surface area contributed by atoms with Crippen molar-refractivity contribution >= 4 is 102 Å². The molecule has 51 heavy (non-hydrogen) atoms. The molecule has 0 N–H and O–H groups in total. The summed E-state index contributed by atoms with van der Waals surface area (Å²) in [6.07, 6.45) is 0. The molecule has 0 spiro atoms. The molecule has 0 aliphatic rings. The maximum atomic E-state index is 5.41. The monoisotopic (exact) mass is 684 g/mol. The summed E-state index contributed by atoms with van der Waals surface area (Å²) in [5, 5.41) is 9.55. The molecule has 0 saturated heterocycles. The molecule has 0 unspecified atom stereocenters. The number of hydrogen-bond acceptors (Lipinski definition) is 5. The summed E-state index contributed by atoms with van der Waals surface area (Å²) in [6.45, 7) is 0. The van der Waals surface area contributed by atoms with Crippen LogP contribution < -0.4 is 0 Å². The van der Waals surface area contributed by atoms with Gasteiger partial charge in [0.25, 0.3) is 0 Å². The minimum absolute atomic E-state index is 0.748. The lowest BCUT2D eigenvalue weighted by atomic mass is 10.0. The molecule has 4 nitrogen and oxygen atoms in total. The van der Waals surface area contributed by atoms with Gasteiger partial charge in [-0.25, -0.2) is 15.0 Å². The Morgan fingerprint density at radius 1 is 0.451 bits per heavy atom. The fourth-order valence-corrected chi connectivity index (χ4v) is 10.5. The van der Waals surface area contributed by atoms with Gasteiger partial charge in [-0.15, -0.1) is 22.7 Å². The van der Waals surface area contributed by atoms with E-state index in [0.717, 1.165) is 49.6 Å². The van der Waals surface area contributed by atoms with Crippen LogP contribution in [0.25, 0.3) is 113 Å². The second kappa shape index (κ2) is 10.2. The lowest BCUT2D eigenvalue weighted by Gasteiger charge is -2.10. The number of rotatable bonds is 3. The molecule has 0 atom stereocenters. The third-order valence-electron chi connectivity index (χ3n) is 10.4. The highest BCUT2D eigenvalue weighted by atomic mass is 32.1. The van der Waals surface area contributed by atoms with E-state index in [0.29, 0.717) is 0 Å². The van der Waals surface area contributed by atoms with Crippen molar-refractivity contribution in [3.63, 3.8) is 0 Å². The van der Waals surface area contributed by atoms with E-state index in [-0.39, 0.29) is 0 Å². The van der Waals surface area contributed by atoms with Gasteiger partial charge < -0.3 is 4.40 Å². The van der Waals surface area contributed by atoms with Crippen LogP contribution in [0.15, 0.2) is 146 Å². The summed E-state index contributed by atoms with van der Waals surface area (Å²) in [5.41, 5.74) is 9.85. The van der Waals surface area contributed by atoms with Gasteiger partial charge in [0, 0.05) is 63.8 Å². The third kappa shape index (κ3) is 3.80. The number of hydrogen-bond donors (Lipinski definition) is 0. The summed E-state index contributed by atoms with van der Waals surface area (Å²) in [7, 11) is 0. The first-order valence-corrected chi connectivity index (χ1v) is 18.7. The van der Waals surface area contributed by atoms with Crippen molar-refractivity contribution < 1.29 is 0 Å². The smallest absolute Gasteiger partial charge is 0.161 e. The molecule has 12 rings (SSSR count). The van der Waals surface area contributed by atoms with Crippen LogP contribution in [-0.2, 0) is 0 Å². The topological polar surface area (TPSA) is 43.1 Å². The number of nitrogens with zero attached hydrogens (tertiary/aromatic N) is 4. The number of thiazole rings is 1. The van der Waals surface area contributed by atoms with E-state index in [9.17, 15) is 0 Å². The van der Waals surface area contributed by atoms with Crippen LogP contribution >= 0.6 is 22.7 Å².